The zero-order chi connectivity index (χ0) is 15.9. The van der Waals surface area contributed by atoms with Crippen LogP contribution >= 0.6 is 11.8 Å². The van der Waals surface area contributed by atoms with E-state index in [4.69, 9.17) is 9.47 Å². The van der Waals surface area contributed by atoms with Gasteiger partial charge in [0.1, 0.15) is 5.75 Å². The number of hydrogen-bond acceptors (Lipinski definition) is 5. The lowest BCUT2D eigenvalue weighted by Gasteiger charge is -2.30. The molecule has 1 aliphatic rings. The third kappa shape index (κ3) is 5.19. The normalized spacial score (nSPS) is 20.4. The van der Waals surface area contributed by atoms with E-state index >= 15 is 0 Å². The number of morpholine rings is 1. The number of methoxy groups -OCH3 is 1. The summed E-state index contributed by atoms with van der Waals surface area (Å²) in [5.41, 5.74) is 0. The van der Waals surface area contributed by atoms with E-state index in [2.05, 4.69) is 17.3 Å². The van der Waals surface area contributed by atoms with E-state index in [1.807, 2.05) is 31.2 Å². The quantitative estimate of drug-likeness (QED) is 0.806. The van der Waals surface area contributed by atoms with Gasteiger partial charge >= 0.3 is 0 Å². The zero-order valence-electron chi connectivity index (χ0n) is 13.4. The monoisotopic (exact) mass is 324 g/mol. The van der Waals surface area contributed by atoms with Crippen LogP contribution in [0, 0.1) is 0 Å². The predicted octanol–water partition coefficient (Wildman–Crippen LogP) is 1.62. The van der Waals surface area contributed by atoms with Crippen molar-refractivity contribution in [1.82, 2.24) is 10.2 Å². The summed E-state index contributed by atoms with van der Waals surface area (Å²) in [6, 6.07) is 7.73. The highest BCUT2D eigenvalue weighted by molar-refractivity contribution is 8.00. The minimum atomic E-state index is -0.144. The van der Waals surface area contributed by atoms with Crippen molar-refractivity contribution < 1.29 is 14.3 Å². The van der Waals surface area contributed by atoms with Crippen LogP contribution < -0.4 is 10.1 Å². The Morgan fingerprint density at radius 2 is 2.23 bits per heavy atom. The first kappa shape index (κ1) is 17.1. The van der Waals surface area contributed by atoms with Gasteiger partial charge in [0.2, 0.25) is 5.91 Å². The number of likely N-dealkylation sites (N-methyl/N-ethyl adjacent to an activating group) is 1. The molecule has 1 fully saturated rings. The van der Waals surface area contributed by atoms with Crippen LogP contribution in [0.1, 0.15) is 6.92 Å². The van der Waals surface area contributed by atoms with Gasteiger partial charge in [-0.3, -0.25) is 4.79 Å². The molecular formula is C16H24N2O3S. The van der Waals surface area contributed by atoms with Crippen LogP contribution in [-0.4, -0.2) is 62.6 Å². The molecule has 1 N–H and O–H groups in total. The molecular weight excluding hydrogens is 300 g/mol. The molecule has 1 aromatic rings. The average molecular weight is 324 g/mol. The second kappa shape index (κ2) is 8.41. The molecule has 0 aliphatic carbocycles. The Labute approximate surface area is 136 Å². The van der Waals surface area contributed by atoms with E-state index in [-0.39, 0.29) is 17.3 Å². The Morgan fingerprint density at radius 3 is 2.86 bits per heavy atom. The fourth-order valence-corrected chi connectivity index (χ4v) is 3.15. The summed E-state index contributed by atoms with van der Waals surface area (Å²) in [6.45, 7) is 5.02. The van der Waals surface area contributed by atoms with Gasteiger partial charge in [-0.25, -0.2) is 0 Å². The van der Waals surface area contributed by atoms with Crippen molar-refractivity contribution in [2.45, 2.75) is 23.2 Å². The van der Waals surface area contributed by atoms with Gasteiger partial charge in [0.05, 0.1) is 25.1 Å². The first-order valence-corrected chi connectivity index (χ1v) is 8.35. The van der Waals surface area contributed by atoms with Crippen molar-refractivity contribution >= 4 is 17.7 Å². The second-order valence-corrected chi connectivity index (χ2v) is 6.85. The maximum Gasteiger partial charge on any atom is 0.233 e. The summed E-state index contributed by atoms with van der Waals surface area (Å²) >= 11 is 1.54. The molecule has 1 aliphatic heterocycles. The van der Waals surface area contributed by atoms with Crippen LogP contribution in [0.3, 0.4) is 0 Å². The molecule has 0 spiro atoms. The molecule has 2 rings (SSSR count). The summed E-state index contributed by atoms with van der Waals surface area (Å²) in [7, 11) is 3.71. The highest BCUT2D eigenvalue weighted by atomic mass is 32.2. The lowest BCUT2D eigenvalue weighted by molar-refractivity contribution is -0.121. The highest BCUT2D eigenvalue weighted by Gasteiger charge is 2.20. The third-order valence-corrected chi connectivity index (χ3v) is 4.70. The molecule has 0 radical (unpaired) electrons. The molecule has 122 valence electrons. The van der Waals surface area contributed by atoms with E-state index in [0.29, 0.717) is 6.54 Å². The van der Waals surface area contributed by atoms with E-state index in [1.54, 1.807) is 7.11 Å². The van der Waals surface area contributed by atoms with Crippen molar-refractivity contribution in [2.24, 2.45) is 0 Å². The average Bonchev–Trinajstić information content (AvgIpc) is 2.53. The number of carbonyl (C=O) groups is 1. The lowest BCUT2D eigenvalue weighted by Crippen LogP contribution is -2.47. The van der Waals surface area contributed by atoms with Crippen molar-refractivity contribution in [3.05, 3.63) is 24.3 Å². The predicted molar refractivity (Wildman–Crippen MR) is 88.6 cm³/mol. The molecule has 0 saturated carbocycles. The number of carbonyl (C=O) groups excluding carboxylic acids is 1. The van der Waals surface area contributed by atoms with Gasteiger partial charge in [-0.2, -0.15) is 0 Å². The summed E-state index contributed by atoms with van der Waals surface area (Å²) < 4.78 is 10.8. The molecule has 0 aromatic heterocycles. The number of nitrogens with zero attached hydrogens (tertiary/aromatic N) is 1. The fraction of sp³-hybridized carbons (Fsp3) is 0.562. The molecule has 1 heterocycles. The number of ether oxygens (including phenoxy) is 2. The van der Waals surface area contributed by atoms with Crippen LogP contribution in [0.4, 0.5) is 0 Å². The number of benzene rings is 1. The number of rotatable bonds is 6. The highest BCUT2D eigenvalue weighted by Crippen LogP contribution is 2.25. The smallest absolute Gasteiger partial charge is 0.233 e. The van der Waals surface area contributed by atoms with E-state index in [9.17, 15) is 4.79 Å². The Morgan fingerprint density at radius 1 is 1.50 bits per heavy atom. The number of amides is 1. The molecule has 6 heteroatoms. The molecule has 0 unspecified atom stereocenters. The first-order chi connectivity index (χ1) is 10.6. The zero-order valence-corrected chi connectivity index (χ0v) is 14.2. The molecule has 22 heavy (non-hydrogen) atoms. The third-order valence-electron chi connectivity index (χ3n) is 3.59. The summed E-state index contributed by atoms with van der Waals surface area (Å²) in [4.78, 5) is 15.4. The number of thioether (sulfide) groups is 1. The Bertz CT molecular complexity index is 481. The van der Waals surface area contributed by atoms with Crippen LogP contribution in [0.5, 0.6) is 5.75 Å². The van der Waals surface area contributed by atoms with Crippen LogP contribution in [0.2, 0.25) is 0 Å². The molecule has 1 saturated heterocycles. The lowest BCUT2D eigenvalue weighted by atomic mass is 10.3. The standard InChI is InChI=1S/C16H24N2O3S/c1-12(22-15-6-4-13(20-3)5-7-15)16(19)17-10-14-11-18(2)8-9-21-14/h4-7,12,14H,8-11H2,1-3H3,(H,17,19)/t12-,14-/m0/s1. The van der Waals surface area contributed by atoms with E-state index in [0.717, 1.165) is 30.3 Å². The fourth-order valence-electron chi connectivity index (χ4n) is 2.26. The van der Waals surface area contributed by atoms with Gasteiger partial charge in [-0.1, -0.05) is 0 Å². The van der Waals surface area contributed by atoms with Crippen molar-refractivity contribution in [2.75, 3.05) is 40.4 Å². The van der Waals surface area contributed by atoms with Gasteiger partial charge in [0, 0.05) is 24.5 Å². The summed E-state index contributed by atoms with van der Waals surface area (Å²) in [5.74, 6) is 0.859. The topological polar surface area (TPSA) is 50.8 Å². The van der Waals surface area contributed by atoms with Gasteiger partial charge in [0.15, 0.2) is 0 Å². The van der Waals surface area contributed by atoms with E-state index < -0.39 is 0 Å². The van der Waals surface area contributed by atoms with Gasteiger partial charge < -0.3 is 19.7 Å². The van der Waals surface area contributed by atoms with Crippen LogP contribution in [0.15, 0.2) is 29.2 Å². The maximum absolute atomic E-state index is 12.2. The molecule has 0 bridgehead atoms. The molecule has 1 aromatic carbocycles. The molecule has 2 atom stereocenters. The number of nitrogens with one attached hydrogen (secondary N) is 1. The minimum absolute atomic E-state index is 0.0395. The van der Waals surface area contributed by atoms with E-state index in [1.165, 1.54) is 11.8 Å². The Balaban J connectivity index is 1.76. The van der Waals surface area contributed by atoms with Crippen molar-refractivity contribution in [3.63, 3.8) is 0 Å². The first-order valence-electron chi connectivity index (χ1n) is 7.47. The molecule has 1 amide bonds. The van der Waals surface area contributed by atoms with Crippen molar-refractivity contribution in [1.29, 1.82) is 0 Å². The second-order valence-electron chi connectivity index (χ2n) is 5.44. The Kier molecular flexibility index (Phi) is 6.54. The van der Waals surface area contributed by atoms with Gasteiger partial charge in [-0.05, 0) is 38.2 Å². The largest absolute Gasteiger partial charge is 0.497 e. The summed E-state index contributed by atoms with van der Waals surface area (Å²) in [6.07, 6.45) is 0.0842. The Hall–Kier alpha value is -1.24. The molecule has 5 nitrogen and oxygen atoms in total. The summed E-state index contributed by atoms with van der Waals surface area (Å²) in [5, 5.41) is 2.84. The SMILES string of the molecule is COc1ccc(S[C@@H](C)C(=O)NC[C@H]2CN(C)CCO2)cc1. The maximum atomic E-state index is 12.2. The number of hydrogen-bond donors (Lipinski definition) is 1. The van der Waals surface area contributed by atoms with Crippen LogP contribution in [0.25, 0.3) is 0 Å². The van der Waals surface area contributed by atoms with Gasteiger partial charge in [0.25, 0.3) is 0 Å². The minimum Gasteiger partial charge on any atom is -0.497 e. The van der Waals surface area contributed by atoms with Gasteiger partial charge in [-0.15, -0.1) is 11.8 Å². The van der Waals surface area contributed by atoms with Crippen LogP contribution in [-0.2, 0) is 9.53 Å². The van der Waals surface area contributed by atoms with Crippen molar-refractivity contribution in [3.8, 4) is 5.75 Å².